The van der Waals surface area contributed by atoms with Gasteiger partial charge in [-0.05, 0) is 75.9 Å². The summed E-state index contributed by atoms with van der Waals surface area (Å²) in [5, 5.41) is 3.72. The maximum absolute atomic E-state index is 12.9. The van der Waals surface area contributed by atoms with Crippen molar-refractivity contribution in [2.75, 3.05) is 38.5 Å². The molecule has 5 rings (SSSR count). The first kappa shape index (κ1) is 24.8. The summed E-state index contributed by atoms with van der Waals surface area (Å²) in [6.45, 7) is 10.8. The normalized spacial score (nSPS) is 21.2. The molecule has 7 heteroatoms. The highest BCUT2D eigenvalue weighted by atomic mass is 16.2. The number of carbonyl (C=O) groups is 1. The number of aromatic nitrogens is 3. The van der Waals surface area contributed by atoms with Gasteiger partial charge in [0.1, 0.15) is 11.3 Å². The van der Waals surface area contributed by atoms with Crippen molar-refractivity contribution in [1.82, 2.24) is 24.3 Å². The number of aryl methyl sites for hydroxylation is 3. The Morgan fingerprint density at radius 3 is 2.36 bits per heavy atom. The quantitative estimate of drug-likeness (QED) is 0.557. The van der Waals surface area contributed by atoms with E-state index in [0.717, 1.165) is 93.2 Å². The monoisotopic (exact) mass is 488 g/mol. The number of benzene rings is 1. The Balaban J connectivity index is 1.18. The van der Waals surface area contributed by atoms with E-state index in [2.05, 4.69) is 70.9 Å². The van der Waals surface area contributed by atoms with Crippen LogP contribution in [0.5, 0.6) is 0 Å². The standard InChI is InChI=1S/C29H40N6O/c1-5-26-32-27-20(2)18-21(3)30-28(27)35(26)19-22-6-10-24(11-7-22)31-25-12-8-23(9-13-25)29(36)34-16-14-33(4)15-17-34/h6-7,10-11,18,23,25,31H,5,8-9,12-17,19H2,1-4H3. The van der Waals surface area contributed by atoms with Crippen LogP contribution in [0, 0.1) is 19.8 Å². The number of piperazine rings is 1. The van der Waals surface area contributed by atoms with Crippen LogP contribution < -0.4 is 5.32 Å². The third-order valence-corrected chi connectivity index (χ3v) is 7.97. The van der Waals surface area contributed by atoms with Crippen molar-refractivity contribution in [1.29, 1.82) is 0 Å². The number of likely N-dealkylation sites (N-methyl/N-ethyl adjacent to an activating group) is 1. The number of amides is 1. The number of anilines is 1. The molecule has 3 aromatic rings. The second-order valence-electron chi connectivity index (χ2n) is 10.7. The van der Waals surface area contributed by atoms with E-state index in [0.29, 0.717) is 11.9 Å². The van der Waals surface area contributed by atoms with Crippen LogP contribution in [0.2, 0.25) is 0 Å². The average Bonchev–Trinajstić information content (AvgIpc) is 3.23. The number of imidazole rings is 1. The van der Waals surface area contributed by atoms with Crippen LogP contribution in [0.15, 0.2) is 30.3 Å². The second-order valence-corrected chi connectivity index (χ2v) is 10.7. The average molecular weight is 489 g/mol. The van der Waals surface area contributed by atoms with Gasteiger partial charge >= 0.3 is 0 Å². The summed E-state index contributed by atoms with van der Waals surface area (Å²) in [5.74, 6) is 1.66. The third kappa shape index (κ3) is 5.26. The van der Waals surface area contributed by atoms with Crippen molar-refractivity contribution in [3.05, 3.63) is 53.0 Å². The van der Waals surface area contributed by atoms with Gasteiger partial charge in [-0.25, -0.2) is 9.97 Å². The molecule has 2 fully saturated rings. The fourth-order valence-corrected chi connectivity index (χ4v) is 5.78. The van der Waals surface area contributed by atoms with Gasteiger partial charge < -0.3 is 19.7 Å². The number of nitrogens with zero attached hydrogens (tertiary/aromatic N) is 5. The second kappa shape index (κ2) is 10.6. The molecule has 1 aromatic carbocycles. The van der Waals surface area contributed by atoms with Gasteiger partial charge in [-0.2, -0.15) is 0 Å². The van der Waals surface area contributed by atoms with E-state index in [9.17, 15) is 4.79 Å². The molecule has 192 valence electrons. The van der Waals surface area contributed by atoms with Crippen LogP contribution in [-0.2, 0) is 17.8 Å². The number of carbonyl (C=O) groups excluding carboxylic acids is 1. The van der Waals surface area contributed by atoms with Crippen molar-refractivity contribution < 1.29 is 4.79 Å². The lowest BCUT2D eigenvalue weighted by Gasteiger charge is -2.36. The third-order valence-electron chi connectivity index (χ3n) is 7.97. The molecule has 2 aliphatic rings. The first-order valence-corrected chi connectivity index (χ1v) is 13.6. The summed E-state index contributed by atoms with van der Waals surface area (Å²) in [4.78, 5) is 27.0. The van der Waals surface area contributed by atoms with E-state index in [-0.39, 0.29) is 5.92 Å². The predicted molar refractivity (Wildman–Crippen MR) is 145 cm³/mol. The minimum atomic E-state index is 0.201. The highest BCUT2D eigenvalue weighted by Crippen LogP contribution is 2.29. The molecule has 0 bridgehead atoms. The Morgan fingerprint density at radius 2 is 1.69 bits per heavy atom. The molecule has 1 saturated heterocycles. The Kier molecular flexibility index (Phi) is 7.28. The van der Waals surface area contributed by atoms with Gasteiger partial charge in [0.15, 0.2) is 5.65 Å². The number of nitrogens with one attached hydrogen (secondary N) is 1. The zero-order valence-electron chi connectivity index (χ0n) is 22.3. The molecule has 36 heavy (non-hydrogen) atoms. The van der Waals surface area contributed by atoms with Crippen LogP contribution in [0.3, 0.4) is 0 Å². The maximum Gasteiger partial charge on any atom is 0.225 e. The molecule has 0 atom stereocenters. The maximum atomic E-state index is 12.9. The van der Waals surface area contributed by atoms with Crippen LogP contribution >= 0.6 is 0 Å². The number of fused-ring (bicyclic) bond motifs is 1. The summed E-state index contributed by atoms with van der Waals surface area (Å²) in [5.41, 5.74) is 6.61. The van der Waals surface area contributed by atoms with Gasteiger partial charge in [0.25, 0.3) is 0 Å². The van der Waals surface area contributed by atoms with Gasteiger partial charge in [-0.15, -0.1) is 0 Å². The zero-order chi connectivity index (χ0) is 25.2. The molecule has 1 aliphatic heterocycles. The van der Waals surface area contributed by atoms with Crippen molar-refractivity contribution >= 4 is 22.8 Å². The van der Waals surface area contributed by atoms with Crippen LogP contribution in [0.1, 0.15) is 55.3 Å². The minimum Gasteiger partial charge on any atom is -0.382 e. The molecule has 0 radical (unpaired) electrons. The lowest BCUT2D eigenvalue weighted by atomic mass is 9.85. The van der Waals surface area contributed by atoms with Crippen molar-refractivity contribution in [3.8, 4) is 0 Å². The fraction of sp³-hybridized carbons (Fsp3) is 0.552. The lowest BCUT2D eigenvalue weighted by Crippen LogP contribution is -2.49. The molecular weight excluding hydrogens is 448 g/mol. The van der Waals surface area contributed by atoms with Gasteiger partial charge in [0.05, 0.1) is 6.54 Å². The van der Waals surface area contributed by atoms with Crippen LogP contribution in [0.25, 0.3) is 11.2 Å². The van der Waals surface area contributed by atoms with E-state index in [1.54, 1.807) is 0 Å². The number of rotatable bonds is 6. The smallest absolute Gasteiger partial charge is 0.225 e. The largest absolute Gasteiger partial charge is 0.382 e. The van der Waals surface area contributed by atoms with Crippen molar-refractivity contribution in [2.45, 2.75) is 65.5 Å². The lowest BCUT2D eigenvalue weighted by molar-refractivity contribution is -0.138. The van der Waals surface area contributed by atoms with Gasteiger partial charge in [0.2, 0.25) is 5.91 Å². The Hall–Kier alpha value is -2.93. The highest BCUT2D eigenvalue weighted by molar-refractivity contribution is 5.79. The van der Waals surface area contributed by atoms with E-state index < -0.39 is 0 Å². The Bertz CT molecular complexity index is 1200. The predicted octanol–water partition coefficient (Wildman–Crippen LogP) is 4.40. The number of hydrogen-bond donors (Lipinski definition) is 1. The summed E-state index contributed by atoms with van der Waals surface area (Å²) in [6, 6.07) is 11.3. The van der Waals surface area contributed by atoms with E-state index >= 15 is 0 Å². The first-order valence-electron chi connectivity index (χ1n) is 13.6. The molecule has 1 amide bonds. The van der Waals surface area contributed by atoms with E-state index in [1.807, 2.05) is 6.92 Å². The molecule has 1 N–H and O–H groups in total. The SMILES string of the molecule is CCc1nc2c(C)cc(C)nc2n1Cc1ccc(NC2CCC(C(=O)N3CCN(C)CC3)CC2)cc1. The Morgan fingerprint density at radius 1 is 1.00 bits per heavy atom. The zero-order valence-corrected chi connectivity index (χ0v) is 22.3. The number of hydrogen-bond acceptors (Lipinski definition) is 5. The minimum absolute atomic E-state index is 0.201. The van der Waals surface area contributed by atoms with Crippen LogP contribution in [0.4, 0.5) is 5.69 Å². The molecule has 1 saturated carbocycles. The topological polar surface area (TPSA) is 66.3 Å². The molecule has 1 aliphatic carbocycles. The highest BCUT2D eigenvalue weighted by Gasteiger charge is 2.30. The van der Waals surface area contributed by atoms with Gasteiger partial charge in [0, 0.05) is 55.9 Å². The fourth-order valence-electron chi connectivity index (χ4n) is 5.78. The van der Waals surface area contributed by atoms with Gasteiger partial charge in [-0.3, -0.25) is 4.79 Å². The van der Waals surface area contributed by atoms with Gasteiger partial charge in [-0.1, -0.05) is 19.1 Å². The summed E-state index contributed by atoms with van der Waals surface area (Å²) in [6.07, 6.45) is 4.96. The first-order chi connectivity index (χ1) is 17.4. The van der Waals surface area contributed by atoms with E-state index in [1.165, 1.54) is 11.1 Å². The summed E-state index contributed by atoms with van der Waals surface area (Å²) < 4.78 is 2.26. The molecule has 7 nitrogen and oxygen atoms in total. The molecule has 2 aromatic heterocycles. The molecule has 3 heterocycles. The van der Waals surface area contributed by atoms with Crippen molar-refractivity contribution in [2.24, 2.45) is 5.92 Å². The van der Waals surface area contributed by atoms with E-state index in [4.69, 9.17) is 9.97 Å². The number of pyridine rings is 1. The van der Waals surface area contributed by atoms with Crippen molar-refractivity contribution in [3.63, 3.8) is 0 Å². The molecular formula is C29H40N6O. The molecule has 0 unspecified atom stereocenters. The summed E-state index contributed by atoms with van der Waals surface area (Å²) >= 11 is 0. The van der Waals surface area contributed by atoms with Crippen LogP contribution in [-0.4, -0.2) is 69.5 Å². The molecule has 0 spiro atoms. The Labute approximate surface area is 214 Å². The summed E-state index contributed by atoms with van der Waals surface area (Å²) in [7, 11) is 2.13.